The van der Waals surface area contributed by atoms with Gasteiger partial charge in [-0.25, -0.2) is 9.67 Å². The van der Waals surface area contributed by atoms with Crippen molar-refractivity contribution in [2.45, 2.75) is 0 Å². The van der Waals surface area contributed by atoms with E-state index in [-0.39, 0.29) is 0 Å². The van der Waals surface area contributed by atoms with E-state index in [9.17, 15) is 0 Å². The average molecular weight is 183 g/mol. The molecule has 0 fully saturated rings. The fourth-order valence-electron chi connectivity index (χ4n) is 1.18. The molecule has 1 aromatic heterocycles. The largest absolute Gasteiger partial charge is 0.223 e. The Labute approximate surface area is 82.0 Å². The Morgan fingerprint density at radius 2 is 2.07 bits per heavy atom. The van der Waals surface area contributed by atoms with Crippen LogP contribution in [0, 0.1) is 0 Å². The Morgan fingerprint density at radius 1 is 1.29 bits per heavy atom. The van der Waals surface area contributed by atoms with Gasteiger partial charge in [-0.15, -0.1) is 5.73 Å². The highest BCUT2D eigenvalue weighted by atomic mass is 15.3. The maximum absolute atomic E-state index is 4.03. The highest BCUT2D eigenvalue weighted by Gasteiger charge is 1.94. The molecule has 0 aliphatic carbocycles. The molecule has 2 aromatic rings. The van der Waals surface area contributed by atoms with Gasteiger partial charge >= 0.3 is 0 Å². The van der Waals surface area contributed by atoms with Gasteiger partial charge in [-0.3, -0.25) is 0 Å². The molecule has 2 rings (SSSR count). The van der Waals surface area contributed by atoms with Crippen molar-refractivity contribution >= 4 is 6.08 Å². The van der Waals surface area contributed by atoms with Crippen molar-refractivity contribution < 1.29 is 0 Å². The highest BCUT2D eigenvalue weighted by molar-refractivity contribution is 5.50. The lowest BCUT2D eigenvalue weighted by atomic mass is 10.2. The van der Waals surface area contributed by atoms with Crippen molar-refractivity contribution in [3.8, 4) is 5.69 Å². The molecule has 0 saturated carbocycles. The molecule has 0 aliphatic heterocycles. The minimum Gasteiger partial charge on any atom is -0.223 e. The second kappa shape index (κ2) is 3.73. The molecule has 0 bridgehead atoms. The van der Waals surface area contributed by atoms with Crippen LogP contribution in [0.15, 0.2) is 49.2 Å². The van der Waals surface area contributed by atoms with Crippen LogP contribution >= 0.6 is 0 Å². The summed E-state index contributed by atoms with van der Waals surface area (Å²) in [7, 11) is 0. The van der Waals surface area contributed by atoms with Gasteiger partial charge in [0, 0.05) is 0 Å². The van der Waals surface area contributed by atoms with Crippen LogP contribution in [0.3, 0.4) is 0 Å². The summed E-state index contributed by atoms with van der Waals surface area (Å²) in [6, 6.07) is 7.90. The molecule has 0 atom stereocenters. The van der Waals surface area contributed by atoms with Gasteiger partial charge in [0.15, 0.2) is 0 Å². The molecule has 1 aromatic carbocycles. The molecule has 0 amide bonds. The molecule has 0 unspecified atom stereocenters. The van der Waals surface area contributed by atoms with Gasteiger partial charge in [-0.2, -0.15) is 5.10 Å². The van der Waals surface area contributed by atoms with Crippen molar-refractivity contribution in [1.82, 2.24) is 14.8 Å². The Hall–Kier alpha value is -2.12. The summed E-state index contributed by atoms with van der Waals surface area (Å²) >= 11 is 0. The Balaban J connectivity index is 2.35. The summed E-state index contributed by atoms with van der Waals surface area (Å²) in [5.41, 5.74) is 4.79. The van der Waals surface area contributed by atoms with Crippen molar-refractivity contribution in [1.29, 1.82) is 0 Å². The molecule has 14 heavy (non-hydrogen) atoms. The molecule has 68 valence electrons. The van der Waals surface area contributed by atoms with E-state index < -0.39 is 0 Å². The first-order valence-corrected chi connectivity index (χ1v) is 4.21. The zero-order valence-electron chi connectivity index (χ0n) is 7.59. The molecule has 0 spiro atoms. The minimum atomic E-state index is 0.990. The minimum absolute atomic E-state index is 0.990. The number of hydrogen-bond donors (Lipinski definition) is 0. The maximum atomic E-state index is 4.03. The van der Waals surface area contributed by atoms with Gasteiger partial charge in [0.2, 0.25) is 0 Å². The monoisotopic (exact) mass is 183 g/mol. The van der Waals surface area contributed by atoms with Gasteiger partial charge in [0.1, 0.15) is 12.7 Å². The second-order valence-electron chi connectivity index (χ2n) is 2.78. The van der Waals surface area contributed by atoms with E-state index >= 15 is 0 Å². The third-order valence-corrected chi connectivity index (χ3v) is 1.85. The van der Waals surface area contributed by atoms with E-state index in [4.69, 9.17) is 0 Å². The molecular weight excluding hydrogens is 174 g/mol. The lowest BCUT2D eigenvalue weighted by molar-refractivity contribution is 0.879. The van der Waals surface area contributed by atoms with E-state index in [0.29, 0.717) is 0 Å². The number of nitrogens with zero attached hydrogens (tertiary/aromatic N) is 3. The Kier molecular flexibility index (Phi) is 2.26. The van der Waals surface area contributed by atoms with E-state index in [1.807, 2.05) is 30.3 Å². The molecule has 0 aliphatic rings. The first-order valence-electron chi connectivity index (χ1n) is 4.21. The zero-order valence-corrected chi connectivity index (χ0v) is 7.59. The third kappa shape index (κ3) is 1.63. The molecule has 1 heterocycles. The third-order valence-electron chi connectivity index (χ3n) is 1.85. The number of rotatable bonds is 2. The normalized spacial score (nSPS) is 9.43. The molecule has 0 saturated heterocycles. The lowest BCUT2D eigenvalue weighted by Gasteiger charge is -1.99. The van der Waals surface area contributed by atoms with Gasteiger partial charge in [0.05, 0.1) is 5.69 Å². The van der Waals surface area contributed by atoms with Gasteiger partial charge in [0.25, 0.3) is 0 Å². The number of aromatic nitrogens is 3. The van der Waals surface area contributed by atoms with Gasteiger partial charge in [-0.05, 0) is 23.8 Å². The fraction of sp³-hybridized carbons (Fsp3) is 0. The maximum Gasteiger partial charge on any atom is 0.138 e. The summed E-state index contributed by atoms with van der Waals surface area (Å²) in [6.45, 7) is 3.52. The predicted molar refractivity (Wildman–Crippen MR) is 55.0 cm³/mol. The van der Waals surface area contributed by atoms with Gasteiger partial charge < -0.3 is 0 Å². The molecule has 0 radical (unpaired) electrons. The second-order valence-corrected chi connectivity index (χ2v) is 2.78. The average Bonchev–Trinajstić information content (AvgIpc) is 2.72. The van der Waals surface area contributed by atoms with E-state index in [1.54, 1.807) is 11.0 Å². The molecule has 0 N–H and O–H groups in total. The Morgan fingerprint density at radius 3 is 2.64 bits per heavy atom. The number of benzene rings is 1. The van der Waals surface area contributed by atoms with Crippen molar-refractivity contribution in [2.75, 3.05) is 0 Å². The van der Waals surface area contributed by atoms with Crippen LogP contribution in [0.25, 0.3) is 11.8 Å². The fourth-order valence-corrected chi connectivity index (χ4v) is 1.18. The van der Waals surface area contributed by atoms with Crippen LogP contribution in [0.1, 0.15) is 5.56 Å². The van der Waals surface area contributed by atoms with Crippen molar-refractivity contribution in [3.05, 3.63) is 54.8 Å². The summed E-state index contributed by atoms with van der Waals surface area (Å²) in [4.78, 5) is 3.88. The molecule has 3 heteroatoms. The van der Waals surface area contributed by atoms with Gasteiger partial charge in [-0.1, -0.05) is 18.7 Å². The van der Waals surface area contributed by atoms with Crippen LogP contribution < -0.4 is 0 Å². The van der Waals surface area contributed by atoms with E-state index in [1.165, 1.54) is 6.33 Å². The first kappa shape index (κ1) is 8.48. The summed E-state index contributed by atoms with van der Waals surface area (Å²) < 4.78 is 1.71. The smallest absolute Gasteiger partial charge is 0.138 e. The van der Waals surface area contributed by atoms with Crippen molar-refractivity contribution in [3.63, 3.8) is 0 Å². The van der Waals surface area contributed by atoms with E-state index in [2.05, 4.69) is 22.4 Å². The predicted octanol–water partition coefficient (Wildman–Crippen LogP) is 2.07. The summed E-state index contributed by atoms with van der Waals surface area (Å²) in [5.74, 6) is 0. The highest BCUT2D eigenvalue weighted by Crippen LogP contribution is 2.08. The Bertz CT molecular complexity index is 448. The van der Waals surface area contributed by atoms with Crippen molar-refractivity contribution in [2.24, 2.45) is 0 Å². The lowest BCUT2D eigenvalue weighted by Crippen LogP contribution is -1.93. The topological polar surface area (TPSA) is 30.7 Å². The van der Waals surface area contributed by atoms with Crippen LogP contribution in [0.4, 0.5) is 0 Å². The summed E-state index contributed by atoms with van der Waals surface area (Å²) in [5, 5.41) is 4.03. The summed E-state index contributed by atoms with van der Waals surface area (Å²) in [6.07, 6.45) is 5.00. The quantitative estimate of drug-likeness (QED) is 0.667. The SMILES string of the molecule is C=C=Cc1ccc(-n2cncn2)cc1. The van der Waals surface area contributed by atoms with Crippen LogP contribution in [0.5, 0.6) is 0 Å². The standard InChI is InChI=1S/C11H9N3/c1-2-3-10-4-6-11(7-5-10)14-9-12-8-13-14/h3-9H,1H2. The zero-order chi connectivity index (χ0) is 9.80. The van der Waals surface area contributed by atoms with Crippen LogP contribution in [-0.4, -0.2) is 14.8 Å². The van der Waals surface area contributed by atoms with E-state index in [0.717, 1.165) is 11.3 Å². The number of hydrogen-bond acceptors (Lipinski definition) is 2. The molecule has 3 nitrogen and oxygen atoms in total. The van der Waals surface area contributed by atoms with Crippen LogP contribution in [0.2, 0.25) is 0 Å². The van der Waals surface area contributed by atoms with Crippen LogP contribution in [-0.2, 0) is 0 Å². The molecular formula is C11H9N3. The first-order chi connectivity index (χ1) is 6.90.